The Morgan fingerprint density at radius 3 is 1.21 bits per heavy atom. The lowest BCUT2D eigenvalue weighted by Gasteiger charge is -2.30. The van der Waals surface area contributed by atoms with Crippen LogP contribution in [0, 0.1) is 0 Å². The molecule has 0 unspecified atom stereocenters. The molecule has 8 heteroatoms. The molecule has 0 aliphatic heterocycles. The number of rotatable bonds is 0. The molecule has 80 valence electrons. The van der Waals surface area contributed by atoms with Crippen LogP contribution in [-0.2, 0) is 0 Å². The van der Waals surface area contributed by atoms with E-state index in [1.807, 2.05) is 0 Å². The Hall–Kier alpha value is 1.80. The lowest BCUT2D eigenvalue weighted by Crippen LogP contribution is -2.36. The maximum atomic E-state index is 5.99. The molecule has 1 rings (SSSR count). The summed E-state index contributed by atoms with van der Waals surface area (Å²) in [6, 6.07) is 0. The summed E-state index contributed by atoms with van der Waals surface area (Å²) < 4.78 is -1.94. The predicted octanol–water partition coefficient (Wildman–Crippen LogP) is 5.73. The number of hydrogen-bond donors (Lipinski definition) is 0. The molecule has 14 heavy (non-hydrogen) atoms. The van der Waals surface area contributed by atoms with Crippen LogP contribution in [0.4, 0.5) is 0 Å². The summed E-state index contributed by atoms with van der Waals surface area (Å²) in [7, 11) is 0. The Morgan fingerprint density at radius 2 is 1.07 bits per heavy atom. The molecule has 0 N–H and O–H groups in total. The minimum absolute atomic E-state index is 0.0142. The van der Waals surface area contributed by atoms with Crippen LogP contribution in [0.2, 0.25) is 0 Å². The summed E-state index contributed by atoms with van der Waals surface area (Å²) in [5, 5.41) is -0.231. The van der Waals surface area contributed by atoms with Crippen molar-refractivity contribution in [1.82, 2.24) is 0 Å². The van der Waals surface area contributed by atoms with Gasteiger partial charge in [0.05, 0.1) is 20.1 Å². The highest BCUT2D eigenvalue weighted by molar-refractivity contribution is 6.74. The van der Waals surface area contributed by atoms with Crippen molar-refractivity contribution >= 4 is 92.8 Å². The minimum atomic E-state index is -1.94. The summed E-state index contributed by atoms with van der Waals surface area (Å²) in [5.74, 6) is 0. The Labute approximate surface area is 121 Å². The minimum Gasteiger partial charge on any atom is -0.102 e. The van der Waals surface area contributed by atoms with Gasteiger partial charge in [-0.25, -0.2) is 0 Å². The zero-order valence-corrected chi connectivity index (χ0v) is 12.1. The van der Waals surface area contributed by atoms with Crippen molar-refractivity contribution in [2.45, 2.75) is 8.67 Å². The molecule has 0 fully saturated rings. The fraction of sp³-hybridized carbons (Fsp3) is 0.333. The van der Waals surface area contributed by atoms with Crippen molar-refractivity contribution in [2.24, 2.45) is 0 Å². The summed E-state index contributed by atoms with van der Waals surface area (Å²) in [4.78, 5) is -1.71. The van der Waals surface area contributed by atoms with Crippen LogP contribution in [0.5, 0.6) is 0 Å². The van der Waals surface area contributed by atoms with Crippen LogP contribution in [0.25, 0.3) is 0 Å². The van der Waals surface area contributed by atoms with Crippen molar-refractivity contribution in [1.29, 1.82) is 0 Å². The molecule has 0 saturated carbocycles. The van der Waals surface area contributed by atoms with Gasteiger partial charge in [-0.05, 0) is 0 Å². The predicted molar refractivity (Wildman–Crippen MR) is 66.3 cm³/mol. The highest BCUT2D eigenvalue weighted by Gasteiger charge is 2.57. The van der Waals surface area contributed by atoms with Gasteiger partial charge < -0.3 is 0 Å². The number of alkyl halides is 4. The number of hydrogen-bond acceptors (Lipinski definition) is 0. The van der Waals surface area contributed by atoms with Crippen molar-refractivity contribution in [3.8, 4) is 0 Å². The largest absolute Gasteiger partial charge is 0.219 e. The van der Waals surface area contributed by atoms with Gasteiger partial charge >= 0.3 is 0 Å². The molecular formula is C6Cl8. The van der Waals surface area contributed by atoms with Gasteiger partial charge in [-0.3, -0.25) is 0 Å². The molecule has 1 aliphatic rings. The molecule has 0 aromatic heterocycles. The molecule has 0 bridgehead atoms. The smallest absolute Gasteiger partial charge is 0.102 e. The van der Waals surface area contributed by atoms with E-state index in [1.54, 1.807) is 0 Å². The monoisotopic (exact) mass is 352 g/mol. The summed E-state index contributed by atoms with van der Waals surface area (Å²) >= 11 is 45.9. The average molecular weight is 356 g/mol. The van der Waals surface area contributed by atoms with Gasteiger partial charge in [-0.2, -0.15) is 0 Å². The summed E-state index contributed by atoms with van der Waals surface area (Å²) in [6.45, 7) is 0. The lowest BCUT2D eigenvalue weighted by atomic mass is 10.2. The van der Waals surface area contributed by atoms with Crippen molar-refractivity contribution in [3.05, 3.63) is 20.1 Å². The van der Waals surface area contributed by atoms with Crippen LogP contribution < -0.4 is 0 Å². The molecule has 1 aliphatic carbocycles. The van der Waals surface area contributed by atoms with E-state index in [-0.39, 0.29) is 20.1 Å². The quantitative estimate of drug-likeness (QED) is 0.487. The highest BCUT2D eigenvalue weighted by atomic mass is 35.6. The standard InChI is InChI=1S/C6Cl8/c7-1-2(8)4(10)5(11,3(1)9)6(12,13)14. The third-order valence-corrected chi connectivity index (χ3v) is 5.56. The first-order valence-corrected chi connectivity index (χ1v) is 6.04. The van der Waals surface area contributed by atoms with E-state index in [2.05, 4.69) is 0 Å². The van der Waals surface area contributed by atoms with E-state index in [4.69, 9.17) is 92.8 Å². The SMILES string of the molecule is ClC1=C(Cl)C(Cl)(C(Cl)(Cl)Cl)C(Cl)=C1Cl. The Kier molecular flexibility index (Phi) is 4.19. The van der Waals surface area contributed by atoms with Crippen LogP contribution in [0.3, 0.4) is 0 Å². The van der Waals surface area contributed by atoms with Gasteiger partial charge in [0, 0.05) is 0 Å². The highest BCUT2D eigenvalue weighted by Crippen LogP contribution is 2.60. The number of halogens is 8. The van der Waals surface area contributed by atoms with Crippen molar-refractivity contribution < 1.29 is 0 Å². The zero-order chi connectivity index (χ0) is 11.3. The first-order valence-electron chi connectivity index (χ1n) is 3.01. The molecule has 0 heterocycles. The second kappa shape index (κ2) is 4.23. The van der Waals surface area contributed by atoms with Gasteiger partial charge in [0.15, 0.2) is 4.87 Å². The van der Waals surface area contributed by atoms with E-state index in [1.165, 1.54) is 0 Å². The molecule has 0 aromatic rings. The normalized spacial score (nSPS) is 22.3. The topological polar surface area (TPSA) is 0 Å². The molecule has 0 saturated heterocycles. The first kappa shape index (κ1) is 13.9. The van der Waals surface area contributed by atoms with Gasteiger partial charge in [0.1, 0.15) is 0 Å². The van der Waals surface area contributed by atoms with Gasteiger partial charge in [0.25, 0.3) is 0 Å². The maximum absolute atomic E-state index is 5.99. The summed E-state index contributed by atoms with van der Waals surface area (Å²) in [6.07, 6.45) is 0. The Morgan fingerprint density at radius 1 is 0.786 bits per heavy atom. The molecular weight excluding hydrogens is 356 g/mol. The molecule has 0 nitrogen and oxygen atoms in total. The van der Waals surface area contributed by atoms with Crippen LogP contribution in [0.1, 0.15) is 0 Å². The van der Waals surface area contributed by atoms with Crippen LogP contribution >= 0.6 is 92.8 Å². The maximum Gasteiger partial charge on any atom is 0.219 e. The van der Waals surface area contributed by atoms with Gasteiger partial charge in [-0.1, -0.05) is 81.2 Å². The molecule has 0 aromatic carbocycles. The van der Waals surface area contributed by atoms with E-state index < -0.39 is 8.67 Å². The third kappa shape index (κ3) is 1.87. The second-order valence-corrected chi connectivity index (χ2v) is 6.77. The molecule has 0 atom stereocenters. The van der Waals surface area contributed by atoms with E-state index >= 15 is 0 Å². The van der Waals surface area contributed by atoms with Gasteiger partial charge in [0.2, 0.25) is 3.79 Å². The Bertz CT molecular complexity index is 308. The van der Waals surface area contributed by atoms with E-state index in [0.29, 0.717) is 0 Å². The fourth-order valence-corrected chi connectivity index (χ4v) is 3.26. The molecule has 0 radical (unpaired) electrons. The molecule has 0 spiro atoms. The lowest BCUT2D eigenvalue weighted by molar-refractivity contribution is 0.869. The first-order chi connectivity index (χ1) is 6.14. The summed E-state index contributed by atoms with van der Waals surface area (Å²) in [5.41, 5.74) is 0. The average Bonchev–Trinajstić information content (AvgIpc) is 2.21. The third-order valence-electron chi connectivity index (χ3n) is 1.57. The van der Waals surface area contributed by atoms with Crippen molar-refractivity contribution in [3.63, 3.8) is 0 Å². The van der Waals surface area contributed by atoms with Crippen molar-refractivity contribution in [2.75, 3.05) is 0 Å². The Balaban J connectivity index is 3.42. The second-order valence-electron chi connectivity index (χ2n) is 2.41. The van der Waals surface area contributed by atoms with Crippen LogP contribution in [0.15, 0.2) is 20.1 Å². The number of allylic oxidation sites excluding steroid dienone is 4. The fourth-order valence-electron chi connectivity index (χ4n) is 0.840. The van der Waals surface area contributed by atoms with E-state index in [0.717, 1.165) is 0 Å². The van der Waals surface area contributed by atoms with Gasteiger partial charge in [-0.15, -0.1) is 11.6 Å². The van der Waals surface area contributed by atoms with E-state index in [9.17, 15) is 0 Å². The van der Waals surface area contributed by atoms with Crippen LogP contribution in [-0.4, -0.2) is 8.67 Å². The molecule has 0 amide bonds. The zero-order valence-electron chi connectivity index (χ0n) is 6.02.